The second-order valence-corrected chi connectivity index (χ2v) is 2.94. The van der Waals surface area contributed by atoms with Gasteiger partial charge >= 0.3 is 0 Å². The topological polar surface area (TPSA) is 84.1 Å². The number of nitrogen functional groups attached to an aromatic ring is 1. The molecule has 0 amide bonds. The first-order valence-corrected chi connectivity index (χ1v) is 3.97. The molecule has 5 nitrogen and oxygen atoms in total. The highest BCUT2D eigenvalue weighted by molar-refractivity contribution is 7.09. The summed E-state index contributed by atoms with van der Waals surface area (Å²) in [6.45, 7) is 2.16. The number of hydrogen-bond donors (Lipinski definition) is 3. The van der Waals surface area contributed by atoms with Crippen LogP contribution in [-0.2, 0) is 0 Å². The Hall–Kier alpha value is -0.880. The van der Waals surface area contributed by atoms with Crippen LogP contribution in [0.5, 0.6) is 0 Å². The fourth-order valence-electron chi connectivity index (χ4n) is 0.542. The number of nitrogens with one attached hydrogen (secondary N) is 1. The van der Waals surface area contributed by atoms with E-state index < -0.39 is 0 Å². The lowest BCUT2D eigenvalue weighted by Gasteiger charge is -2.02. The van der Waals surface area contributed by atoms with Crippen molar-refractivity contribution < 1.29 is 5.11 Å². The first kappa shape index (κ1) is 8.22. The van der Waals surface area contributed by atoms with E-state index in [0.717, 1.165) is 0 Å². The Morgan fingerprint density at radius 1 is 1.82 bits per heavy atom. The minimum atomic E-state index is -0.389. The van der Waals surface area contributed by atoms with Crippen molar-refractivity contribution in [3.63, 3.8) is 0 Å². The van der Waals surface area contributed by atoms with E-state index in [0.29, 0.717) is 11.7 Å². The zero-order valence-electron chi connectivity index (χ0n) is 6.11. The second-order valence-electron chi connectivity index (χ2n) is 2.19. The Kier molecular flexibility index (Phi) is 2.61. The molecule has 62 valence electrons. The molecule has 1 rings (SSSR count). The molecule has 0 spiro atoms. The van der Waals surface area contributed by atoms with Crippen LogP contribution in [0.3, 0.4) is 0 Å². The highest BCUT2D eigenvalue weighted by Gasteiger charge is 2.00. The zero-order chi connectivity index (χ0) is 8.27. The number of rotatable bonds is 3. The van der Waals surface area contributed by atoms with Crippen molar-refractivity contribution in [1.82, 2.24) is 9.36 Å². The Bertz CT molecular complexity index is 224. The lowest BCUT2D eigenvalue weighted by atomic mass is 10.4. The van der Waals surface area contributed by atoms with Crippen LogP contribution in [0.15, 0.2) is 0 Å². The Morgan fingerprint density at radius 3 is 3.00 bits per heavy atom. The van der Waals surface area contributed by atoms with E-state index in [1.54, 1.807) is 6.92 Å². The highest BCUT2D eigenvalue weighted by atomic mass is 32.1. The van der Waals surface area contributed by atoms with Gasteiger partial charge in [0.25, 0.3) is 0 Å². The standard InChI is InChI=1S/C5H10N4OS/c1-3(10)2-7-5-8-4(6)9-11-5/h3,10H,2H2,1H3,(H3,6,7,8,9). The molecule has 4 N–H and O–H groups in total. The molecule has 1 unspecified atom stereocenters. The van der Waals surface area contributed by atoms with Crippen molar-refractivity contribution in [3.8, 4) is 0 Å². The minimum Gasteiger partial charge on any atom is -0.392 e. The second kappa shape index (κ2) is 3.49. The van der Waals surface area contributed by atoms with Crippen molar-refractivity contribution in [1.29, 1.82) is 0 Å². The van der Waals surface area contributed by atoms with Crippen LogP contribution in [0.2, 0.25) is 0 Å². The zero-order valence-corrected chi connectivity index (χ0v) is 6.93. The van der Waals surface area contributed by atoms with E-state index in [1.807, 2.05) is 0 Å². The summed E-state index contributed by atoms with van der Waals surface area (Å²) in [6, 6.07) is 0. The summed E-state index contributed by atoms with van der Waals surface area (Å²) in [5, 5.41) is 12.4. The monoisotopic (exact) mass is 174 g/mol. The number of aromatic nitrogens is 2. The normalized spacial score (nSPS) is 12.9. The molecular weight excluding hydrogens is 164 g/mol. The molecule has 1 heterocycles. The summed E-state index contributed by atoms with van der Waals surface area (Å²) >= 11 is 1.18. The van der Waals surface area contributed by atoms with Crippen molar-refractivity contribution >= 4 is 22.6 Å². The number of anilines is 2. The van der Waals surface area contributed by atoms with Crippen LogP contribution in [0.1, 0.15) is 6.92 Å². The van der Waals surface area contributed by atoms with Crippen LogP contribution in [0.25, 0.3) is 0 Å². The highest BCUT2D eigenvalue weighted by Crippen LogP contribution is 2.10. The SMILES string of the molecule is CC(O)CNc1nc(N)ns1. The molecule has 0 aliphatic carbocycles. The van der Waals surface area contributed by atoms with Crippen molar-refractivity contribution in [2.24, 2.45) is 0 Å². The summed E-state index contributed by atoms with van der Waals surface area (Å²) in [7, 11) is 0. The fraction of sp³-hybridized carbons (Fsp3) is 0.600. The summed E-state index contributed by atoms with van der Waals surface area (Å²) in [6.07, 6.45) is -0.389. The predicted molar refractivity (Wildman–Crippen MR) is 44.5 cm³/mol. The third-order valence-corrected chi connectivity index (χ3v) is 1.68. The first-order valence-electron chi connectivity index (χ1n) is 3.19. The first-order chi connectivity index (χ1) is 5.18. The largest absolute Gasteiger partial charge is 0.392 e. The smallest absolute Gasteiger partial charge is 0.233 e. The van der Waals surface area contributed by atoms with Crippen molar-refractivity contribution in [2.75, 3.05) is 17.6 Å². The lowest BCUT2D eigenvalue weighted by Crippen LogP contribution is -2.15. The quantitative estimate of drug-likeness (QED) is 0.596. The number of aliphatic hydroxyl groups is 1. The molecule has 0 bridgehead atoms. The van der Waals surface area contributed by atoms with Crippen LogP contribution in [0, 0.1) is 0 Å². The van der Waals surface area contributed by atoms with Gasteiger partial charge in [0.2, 0.25) is 11.1 Å². The van der Waals surface area contributed by atoms with Gasteiger partial charge in [-0.1, -0.05) is 0 Å². The molecule has 0 radical (unpaired) electrons. The maximum absolute atomic E-state index is 8.88. The summed E-state index contributed by atoms with van der Waals surface area (Å²) in [4.78, 5) is 3.85. The van der Waals surface area contributed by atoms with Gasteiger partial charge in [-0.15, -0.1) is 0 Å². The number of hydrogen-bond acceptors (Lipinski definition) is 6. The molecule has 0 saturated carbocycles. The fourth-order valence-corrected chi connectivity index (χ4v) is 1.04. The van der Waals surface area contributed by atoms with Crippen molar-refractivity contribution in [3.05, 3.63) is 0 Å². The third kappa shape index (κ3) is 2.69. The third-order valence-electron chi connectivity index (χ3n) is 0.990. The van der Waals surface area contributed by atoms with Gasteiger partial charge in [-0.2, -0.15) is 9.36 Å². The molecule has 11 heavy (non-hydrogen) atoms. The van der Waals surface area contributed by atoms with Gasteiger partial charge in [0.05, 0.1) is 6.10 Å². The van der Waals surface area contributed by atoms with Crippen LogP contribution in [0.4, 0.5) is 11.1 Å². The summed E-state index contributed by atoms with van der Waals surface area (Å²) in [5.41, 5.74) is 5.27. The van der Waals surface area contributed by atoms with E-state index in [2.05, 4.69) is 14.7 Å². The van der Waals surface area contributed by atoms with Gasteiger partial charge in [-0.05, 0) is 6.92 Å². The van der Waals surface area contributed by atoms with Gasteiger partial charge in [0, 0.05) is 18.1 Å². The molecule has 1 aromatic rings. The Labute approximate surface area is 68.4 Å². The van der Waals surface area contributed by atoms with E-state index in [1.165, 1.54) is 11.5 Å². The molecule has 1 aromatic heterocycles. The number of aliphatic hydroxyl groups excluding tert-OH is 1. The molecule has 0 aliphatic heterocycles. The molecular formula is C5H10N4OS. The van der Waals surface area contributed by atoms with Crippen LogP contribution >= 0.6 is 11.5 Å². The average Bonchev–Trinajstić information content (AvgIpc) is 2.31. The van der Waals surface area contributed by atoms with Crippen LogP contribution in [-0.4, -0.2) is 27.1 Å². The average molecular weight is 174 g/mol. The Morgan fingerprint density at radius 2 is 2.55 bits per heavy atom. The maximum atomic E-state index is 8.88. The van der Waals surface area contributed by atoms with E-state index in [9.17, 15) is 0 Å². The summed E-state index contributed by atoms with van der Waals surface area (Å²) < 4.78 is 3.76. The molecule has 0 saturated heterocycles. The number of nitrogens with two attached hydrogens (primary N) is 1. The van der Waals surface area contributed by atoms with Gasteiger partial charge in [0.15, 0.2) is 0 Å². The lowest BCUT2D eigenvalue weighted by molar-refractivity contribution is 0.208. The van der Waals surface area contributed by atoms with Gasteiger partial charge in [-0.3, -0.25) is 0 Å². The Balaban J connectivity index is 2.39. The molecule has 6 heteroatoms. The van der Waals surface area contributed by atoms with E-state index in [-0.39, 0.29) is 12.1 Å². The van der Waals surface area contributed by atoms with E-state index in [4.69, 9.17) is 10.8 Å². The van der Waals surface area contributed by atoms with Gasteiger partial charge < -0.3 is 16.2 Å². The minimum absolute atomic E-state index is 0.267. The van der Waals surface area contributed by atoms with Gasteiger partial charge in [0.1, 0.15) is 0 Å². The van der Waals surface area contributed by atoms with Crippen LogP contribution < -0.4 is 11.1 Å². The number of nitrogens with zero attached hydrogens (tertiary/aromatic N) is 2. The maximum Gasteiger partial charge on any atom is 0.233 e. The summed E-state index contributed by atoms with van der Waals surface area (Å²) in [5.74, 6) is 0.267. The van der Waals surface area contributed by atoms with Gasteiger partial charge in [-0.25, -0.2) is 0 Å². The molecule has 0 fully saturated rings. The predicted octanol–water partition coefficient (Wildman–Crippen LogP) is -0.0870. The molecule has 0 aromatic carbocycles. The van der Waals surface area contributed by atoms with Crippen molar-refractivity contribution in [2.45, 2.75) is 13.0 Å². The van der Waals surface area contributed by atoms with E-state index >= 15 is 0 Å². The molecule has 1 atom stereocenters. The molecule has 0 aliphatic rings.